The summed E-state index contributed by atoms with van der Waals surface area (Å²) in [4.78, 5) is 21.4. The van der Waals surface area contributed by atoms with Crippen LogP contribution in [0.5, 0.6) is 0 Å². The van der Waals surface area contributed by atoms with Gasteiger partial charge in [0.15, 0.2) is 0 Å². The standard InChI is InChI=1S/C11H12N2O3/c1-11(2)7-4-3-5-9(13(15)16)10(7)8(6-14)12-11/h3-6,8,12H,1-2H3. The second kappa shape index (κ2) is 3.38. The van der Waals surface area contributed by atoms with Crippen LogP contribution in [0.4, 0.5) is 5.69 Å². The molecule has 0 bridgehead atoms. The Morgan fingerprint density at radius 3 is 2.75 bits per heavy atom. The second-order valence-electron chi connectivity index (χ2n) is 4.38. The molecule has 0 amide bonds. The van der Waals surface area contributed by atoms with Gasteiger partial charge in [0.2, 0.25) is 0 Å². The highest BCUT2D eigenvalue weighted by atomic mass is 16.6. The predicted molar refractivity (Wildman–Crippen MR) is 58.1 cm³/mol. The van der Waals surface area contributed by atoms with Gasteiger partial charge in [-0.05, 0) is 19.4 Å². The van der Waals surface area contributed by atoms with Crippen LogP contribution in [0, 0.1) is 10.1 Å². The highest BCUT2D eigenvalue weighted by Gasteiger charge is 2.40. The Kier molecular flexibility index (Phi) is 2.27. The number of hydrogen-bond acceptors (Lipinski definition) is 4. The van der Waals surface area contributed by atoms with E-state index in [1.807, 2.05) is 19.9 Å². The zero-order valence-corrected chi connectivity index (χ0v) is 9.06. The van der Waals surface area contributed by atoms with Crippen LogP contribution in [0.2, 0.25) is 0 Å². The van der Waals surface area contributed by atoms with Gasteiger partial charge < -0.3 is 4.79 Å². The third-order valence-corrected chi connectivity index (χ3v) is 2.92. The van der Waals surface area contributed by atoms with E-state index in [0.717, 1.165) is 5.56 Å². The number of aldehydes is 1. The minimum atomic E-state index is -0.591. The zero-order chi connectivity index (χ0) is 11.9. The molecule has 5 heteroatoms. The Hall–Kier alpha value is -1.75. The van der Waals surface area contributed by atoms with E-state index in [1.54, 1.807) is 6.07 Å². The van der Waals surface area contributed by atoms with Gasteiger partial charge in [-0.15, -0.1) is 0 Å². The molecular formula is C11H12N2O3. The number of hydrogen-bond donors (Lipinski definition) is 1. The lowest BCUT2D eigenvalue weighted by Crippen LogP contribution is -2.32. The van der Waals surface area contributed by atoms with Crippen molar-refractivity contribution in [3.63, 3.8) is 0 Å². The smallest absolute Gasteiger partial charge is 0.274 e. The molecule has 1 atom stereocenters. The molecule has 0 radical (unpaired) electrons. The summed E-state index contributed by atoms with van der Waals surface area (Å²) in [5.41, 5.74) is 0.909. The van der Waals surface area contributed by atoms with Crippen LogP contribution in [0.25, 0.3) is 0 Å². The van der Waals surface area contributed by atoms with E-state index in [0.29, 0.717) is 11.8 Å². The molecule has 1 aliphatic heterocycles. The van der Waals surface area contributed by atoms with Crippen molar-refractivity contribution in [3.8, 4) is 0 Å². The molecule has 84 valence electrons. The number of rotatable bonds is 2. The predicted octanol–water partition coefficient (Wildman–Crippen LogP) is 1.67. The molecule has 1 aliphatic rings. The molecule has 2 rings (SSSR count). The van der Waals surface area contributed by atoms with E-state index in [2.05, 4.69) is 5.32 Å². The Balaban J connectivity index is 2.69. The molecule has 0 spiro atoms. The fourth-order valence-electron chi connectivity index (χ4n) is 2.22. The maximum Gasteiger partial charge on any atom is 0.274 e. The van der Waals surface area contributed by atoms with Gasteiger partial charge in [0.1, 0.15) is 6.29 Å². The Morgan fingerprint density at radius 2 is 2.19 bits per heavy atom. The molecule has 5 nitrogen and oxygen atoms in total. The van der Waals surface area contributed by atoms with Crippen LogP contribution in [0.3, 0.4) is 0 Å². The number of fused-ring (bicyclic) bond motifs is 1. The normalized spacial score (nSPS) is 21.5. The molecule has 1 unspecified atom stereocenters. The van der Waals surface area contributed by atoms with Crippen molar-refractivity contribution in [3.05, 3.63) is 39.4 Å². The van der Waals surface area contributed by atoms with Crippen LogP contribution in [-0.2, 0) is 10.3 Å². The summed E-state index contributed by atoms with van der Waals surface area (Å²) in [5, 5.41) is 14.0. The van der Waals surface area contributed by atoms with E-state index >= 15 is 0 Å². The highest BCUT2D eigenvalue weighted by molar-refractivity contribution is 5.70. The van der Waals surface area contributed by atoms with Gasteiger partial charge in [-0.2, -0.15) is 0 Å². The summed E-state index contributed by atoms with van der Waals surface area (Å²) in [5.74, 6) is 0. The Bertz CT molecular complexity index is 468. The van der Waals surface area contributed by atoms with Crippen LogP contribution in [0.1, 0.15) is 31.0 Å². The summed E-state index contributed by atoms with van der Waals surface area (Å²) in [6, 6.07) is 4.30. The minimum absolute atomic E-state index is 0.00711. The molecule has 1 aromatic carbocycles. The van der Waals surface area contributed by atoms with Gasteiger partial charge in [0, 0.05) is 11.6 Å². The lowest BCUT2D eigenvalue weighted by Gasteiger charge is -2.19. The van der Waals surface area contributed by atoms with E-state index in [4.69, 9.17) is 0 Å². The first kappa shape index (κ1) is 10.8. The van der Waals surface area contributed by atoms with E-state index in [9.17, 15) is 14.9 Å². The molecule has 1 heterocycles. The van der Waals surface area contributed by atoms with Crippen molar-refractivity contribution < 1.29 is 9.72 Å². The monoisotopic (exact) mass is 220 g/mol. The number of nitro benzene ring substituents is 1. The zero-order valence-electron chi connectivity index (χ0n) is 9.06. The third-order valence-electron chi connectivity index (χ3n) is 2.92. The summed E-state index contributed by atoms with van der Waals surface area (Å²) >= 11 is 0. The van der Waals surface area contributed by atoms with Crippen molar-refractivity contribution in [1.29, 1.82) is 0 Å². The Labute approximate surface area is 92.6 Å². The average Bonchev–Trinajstić information content (AvgIpc) is 2.50. The highest BCUT2D eigenvalue weighted by Crippen LogP contribution is 2.40. The summed E-state index contributed by atoms with van der Waals surface area (Å²) < 4.78 is 0. The molecule has 0 saturated carbocycles. The average molecular weight is 220 g/mol. The number of nitrogens with one attached hydrogen (secondary N) is 1. The van der Waals surface area contributed by atoms with Crippen LogP contribution in [-0.4, -0.2) is 11.2 Å². The first-order valence-corrected chi connectivity index (χ1v) is 4.98. The number of benzene rings is 1. The van der Waals surface area contributed by atoms with Crippen molar-refractivity contribution in [1.82, 2.24) is 5.32 Å². The first-order chi connectivity index (χ1) is 7.47. The number of carbonyl (C=O) groups is 1. The molecular weight excluding hydrogens is 208 g/mol. The number of nitrogens with zero attached hydrogens (tertiary/aromatic N) is 1. The largest absolute Gasteiger partial charge is 0.301 e. The van der Waals surface area contributed by atoms with Crippen molar-refractivity contribution in [2.75, 3.05) is 0 Å². The van der Waals surface area contributed by atoms with Crippen LogP contribution in [0.15, 0.2) is 18.2 Å². The molecule has 0 aromatic heterocycles. The molecule has 0 fully saturated rings. The van der Waals surface area contributed by atoms with E-state index in [-0.39, 0.29) is 5.69 Å². The first-order valence-electron chi connectivity index (χ1n) is 4.98. The van der Waals surface area contributed by atoms with E-state index in [1.165, 1.54) is 6.07 Å². The number of carbonyl (C=O) groups excluding carboxylic acids is 1. The quantitative estimate of drug-likeness (QED) is 0.467. The fourth-order valence-corrected chi connectivity index (χ4v) is 2.22. The maximum absolute atomic E-state index is 10.9. The molecule has 1 N–H and O–H groups in total. The van der Waals surface area contributed by atoms with Crippen molar-refractivity contribution >= 4 is 12.0 Å². The van der Waals surface area contributed by atoms with Gasteiger partial charge in [0.25, 0.3) is 5.69 Å². The second-order valence-corrected chi connectivity index (χ2v) is 4.38. The van der Waals surface area contributed by atoms with Crippen LogP contribution < -0.4 is 5.32 Å². The maximum atomic E-state index is 10.9. The summed E-state index contributed by atoms with van der Waals surface area (Å²) in [6.45, 7) is 3.80. The van der Waals surface area contributed by atoms with Crippen molar-refractivity contribution in [2.45, 2.75) is 25.4 Å². The summed E-state index contributed by atoms with van der Waals surface area (Å²) in [6.07, 6.45) is 0.709. The lowest BCUT2D eigenvalue weighted by molar-refractivity contribution is -0.385. The SMILES string of the molecule is CC1(C)NC(C=O)c2c([N+](=O)[O-])cccc21. The lowest BCUT2D eigenvalue weighted by atomic mass is 9.93. The van der Waals surface area contributed by atoms with E-state index < -0.39 is 16.5 Å². The summed E-state index contributed by atoms with van der Waals surface area (Å²) in [7, 11) is 0. The fraction of sp³-hybridized carbons (Fsp3) is 0.364. The molecule has 0 aliphatic carbocycles. The van der Waals surface area contributed by atoms with Gasteiger partial charge >= 0.3 is 0 Å². The van der Waals surface area contributed by atoms with Crippen molar-refractivity contribution in [2.24, 2.45) is 0 Å². The topological polar surface area (TPSA) is 72.2 Å². The Morgan fingerprint density at radius 1 is 1.50 bits per heavy atom. The van der Waals surface area contributed by atoms with Gasteiger partial charge in [-0.3, -0.25) is 15.4 Å². The van der Waals surface area contributed by atoms with Crippen LogP contribution >= 0.6 is 0 Å². The third kappa shape index (κ3) is 1.40. The van der Waals surface area contributed by atoms with Gasteiger partial charge in [-0.1, -0.05) is 12.1 Å². The molecule has 16 heavy (non-hydrogen) atoms. The molecule has 0 saturated heterocycles. The minimum Gasteiger partial charge on any atom is -0.301 e. The van der Waals surface area contributed by atoms with Gasteiger partial charge in [-0.25, -0.2) is 0 Å². The number of nitro groups is 1. The molecule has 1 aromatic rings. The van der Waals surface area contributed by atoms with Gasteiger partial charge in [0.05, 0.1) is 16.5 Å².